The fraction of sp³-hybridized carbons (Fsp3) is 0.600. The van der Waals surface area contributed by atoms with Crippen LogP contribution in [0.25, 0.3) is 0 Å². The first-order chi connectivity index (χ1) is 9.67. The molecule has 0 aliphatic rings. The van der Waals surface area contributed by atoms with E-state index < -0.39 is 6.10 Å². The van der Waals surface area contributed by atoms with Crippen LogP contribution in [0, 0.1) is 0 Å². The van der Waals surface area contributed by atoms with Gasteiger partial charge in [-0.2, -0.15) is 0 Å². The first-order valence-corrected chi connectivity index (χ1v) is 7.12. The maximum absolute atomic E-state index is 10.1. The molecule has 20 heavy (non-hydrogen) atoms. The Morgan fingerprint density at radius 3 is 1.90 bits per heavy atom. The fourth-order valence-electron chi connectivity index (χ4n) is 1.93. The maximum atomic E-state index is 10.1. The Balaban J connectivity index is 3.21. The van der Waals surface area contributed by atoms with Gasteiger partial charge in [0.05, 0.1) is 25.9 Å². The topological polar surface area (TPSA) is 73.9 Å². The molecule has 1 rings (SSSR count). The first kappa shape index (κ1) is 16.6. The van der Waals surface area contributed by atoms with Crippen LogP contribution < -0.4 is 19.9 Å². The Morgan fingerprint density at radius 2 is 1.50 bits per heavy atom. The first-order valence-electron chi connectivity index (χ1n) is 7.12. The molecular formula is C15H25NO4. The van der Waals surface area contributed by atoms with Crippen molar-refractivity contribution < 1.29 is 19.3 Å². The predicted molar refractivity (Wildman–Crippen MR) is 78.6 cm³/mol. The van der Waals surface area contributed by atoms with Crippen LogP contribution in [-0.4, -0.2) is 31.5 Å². The SMILES string of the molecule is CCOc1cc(C(O)CCN)cc(OCC)c1OCC. The number of rotatable bonds is 9. The number of nitrogens with two attached hydrogens (primary N) is 1. The van der Waals surface area contributed by atoms with Gasteiger partial charge in [0.2, 0.25) is 5.75 Å². The molecule has 5 heteroatoms. The summed E-state index contributed by atoms with van der Waals surface area (Å²) in [6.45, 7) is 7.68. The van der Waals surface area contributed by atoms with Gasteiger partial charge in [0.1, 0.15) is 0 Å². The maximum Gasteiger partial charge on any atom is 0.203 e. The van der Waals surface area contributed by atoms with E-state index >= 15 is 0 Å². The number of benzene rings is 1. The van der Waals surface area contributed by atoms with Crippen LogP contribution in [-0.2, 0) is 0 Å². The molecular weight excluding hydrogens is 258 g/mol. The van der Waals surface area contributed by atoms with Crippen molar-refractivity contribution in [3.05, 3.63) is 17.7 Å². The standard InChI is InChI=1S/C15H25NO4/c1-4-18-13-9-11(12(17)7-8-16)10-14(19-5-2)15(13)20-6-3/h9-10,12,17H,4-8,16H2,1-3H3. The number of hydrogen-bond acceptors (Lipinski definition) is 5. The van der Waals surface area contributed by atoms with E-state index in [1.807, 2.05) is 20.8 Å². The van der Waals surface area contributed by atoms with Crippen LogP contribution in [0.1, 0.15) is 38.9 Å². The Morgan fingerprint density at radius 1 is 1.00 bits per heavy atom. The van der Waals surface area contributed by atoms with E-state index in [1.165, 1.54) is 0 Å². The Bertz CT molecular complexity index is 382. The highest BCUT2D eigenvalue weighted by molar-refractivity contribution is 5.54. The summed E-state index contributed by atoms with van der Waals surface area (Å²) in [5.74, 6) is 1.76. The molecule has 5 nitrogen and oxygen atoms in total. The molecule has 0 saturated heterocycles. The summed E-state index contributed by atoms with van der Waals surface area (Å²) in [5.41, 5.74) is 6.22. The summed E-state index contributed by atoms with van der Waals surface area (Å²) in [5, 5.41) is 10.1. The lowest BCUT2D eigenvalue weighted by atomic mass is 10.1. The van der Waals surface area contributed by atoms with Crippen LogP contribution >= 0.6 is 0 Å². The second kappa shape index (κ2) is 8.66. The van der Waals surface area contributed by atoms with E-state index in [2.05, 4.69) is 0 Å². The van der Waals surface area contributed by atoms with Gasteiger partial charge >= 0.3 is 0 Å². The van der Waals surface area contributed by atoms with E-state index in [0.29, 0.717) is 50.0 Å². The molecule has 0 bridgehead atoms. The molecule has 0 amide bonds. The van der Waals surface area contributed by atoms with Crippen molar-refractivity contribution >= 4 is 0 Å². The molecule has 0 aliphatic carbocycles. The van der Waals surface area contributed by atoms with Gasteiger partial charge in [0.25, 0.3) is 0 Å². The number of ether oxygens (including phenoxy) is 3. The molecule has 1 unspecified atom stereocenters. The third kappa shape index (κ3) is 4.28. The van der Waals surface area contributed by atoms with Gasteiger partial charge in [-0.3, -0.25) is 0 Å². The molecule has 1 aromatic carbocycles. The second-order valence-corrected chi connectivity index (χ2v) is 4.24. The van der Waals surface area contributed by atoms with E-state index in [4.69, 9.17) is 19.9 Å². The fourth-order valence-corrected chi connectivity index (χ4v) is 1.93. The minimum Gasteiger partial charge on any atom is -0.490 e. The molecule has 0 saturated carbocycles. The Labute approximate surface area is 120 Å². The van der Waals surface area contributed by atoms with E-state index in [1.54, 1.807) is 12.1 Å². The highest BCUT2D eigenvalue weighted by atomic mass is 16.5. The van der Waals surface area contributed by atoms with Crippen molar-refractivity contribution in [2.45, 2.75) is 33.3 Å². The molecule has 114 valence electrons. The van der Waals surface area contributed by atoms with Gasteiger partial charge in [0, 0.05) is 0 Å². The van der Waals surface area contributed by atoms with Crippen molar-refractivity contribution in [2.24, 2.45) is 5.73 Å². The van der Waals surface area contributed by atoms with Crippen molar-refractivity contribution in [1.29, 1.82) is 0 Å². The average Bonchev–Trinajstić information content (AvgIpc) is 2.43. The third-order valence-electron chi connectivity index (χ3n) is 2.76. The summed E-state index contributed by atoms with van der Waals surface area (Å²) in [7, 11) is 0. The van der Waals surface area contributed by atoms with Gasteiger partial charge in [-0.05, 0) is 51.4 Å². The van der Waals surface area contributed by atoms with Crippen LogP contribution in [0.3, 0.4) is 0 Å². The van der Waals surface area contributed by atoms with E-state index in [-0.39, 0.29) is 0 Å². The predicted octanol–water partition coefficient (Wildman–Crippen LogP) is 2.26. The minimum absolute atomic E-state index is 0.419. The van der Waals surface area contributed by atoms with Gasteiger partial charge < -0.3 is 25.1 Å². The minimum atomic E-state index is -0.630. The summed E-state index contributed by atoms with van der Waals surface area (Å²) >= 11 is 0. The monoisotopic (exact) mass is 283 g/mol. The number of hydrogen-bond donors (Lipinski definition) is 2. The Kier molecular flexibility index (Phi) is 7.18. The second-order valence-electron chi connectivity index (χ2n) is 4.24. The van der Waals surface area contributed by atoms with Crippen molar-refractivity contribution in [3.8, 4) is 17.2 Å². The lowest BCUT2D eigenvalue weighted by molar-refractivity contribution is 0.168. The molecule has 0 heterocycles. The van der Waals surface area contributed by atoms with Crippen molar-refractivity contribution in [2.75, 3.05) is 26.4 Å². The normalized spacial score (nSPS) is 12.1. The molecule has 0 spiro atoms. The molecule has 0 radical (unpaired) electrons. The zero-order chi connectivity index (χ0) is 15.0. The molecule has 1 atom stereocenters. The van der Waals surface area contributed by atoms with Crippen LogP contribution in [0.4, 0.5) is 0 Å². The zero-order valence-corrected chi connectivity index (χ0v) is 12.5. The lowest BCUT2D eigenvalue weighted by Crippen LogP contribution is -2.09. The largest absolute Gasteiger partial charge is 0.490 e. The molecule has 0 fully saturated rings. The summed E-state index contributed by atoms with van der Waals surface area (Å²) in [6, 6.07) is 3.58. The van der Waals surface area contributed by atoms with Crippen LogP contribution in [0.2, 0.25) is 0 Å². The third-order valence-corrected chi connectivity index (χ3v) is 2.76. The highest BCUT2D eigenvalue weighted by Crippen LogP contribution is 2.40. The molecule has 1 aromatic rings. The van der Waals surface area contributed by atoms with Gasteiger partial charge in [-0.1, -0.05) is 0 Å². The zero-order valence-electron chi connectivity index (χ0n) is 12.5. The number of aliphatic hydroxyl groups excluding tert-OH is 1. The van der Waals surface area contributed by atoms with Crippen LogP contribution in [0.15, 0.2) is 12.1 Å². The Hall–Kier alpha value is -1.46. The van der Waals surface area contributed by atoms with Crippen molar-refractivity contribution in [3.63, 3.8) is 0 Å². The average molecular weight is 283 g/mol. The van der Waals surface area contributed by atoms with E-state index in [0.717, 1.165) is 5.56 Å². The molecule has 0 aromatic heterocycles. The molecule has 3 N–H and O–H groups in total. The summed E-state index contributed by atoms with van der Waals surface area (Å²) in [4.78, 5) is 0. The smallest absolute Gasteiger partial charge is 0.203 e. The quantitative estimate of drug-likeness (QED) is 0.727. The number of aliphatic hydroxyl groups is 1. The van der Waals surface area contributed by atoms with Gasteiger partial charge in [-0.25, -0.2) is 0 Å². The van der Waals surface area contributed by atoms with E-state index in [9.17, 15) is 5.11 Å². The van der Waals surface area contributed by atoms with Crippen LogP contribution in [0.5, 0.6) is 17.2 Å². The van der Waals surface area contributed by atoms with Gasteiger partial charge in [0.15, 0.2) is 11.5 Å². The summed E-state index contributed by atoms with van der Waals surface area (Å²) in [6.07, 6.45) is -0.139. The highest BCUT2D eigenvalue weighted by Gasteiger charge is 2.18. The molecule has 0 aliphatic heterocycles. The van der Waals surface area contributed by atoms with Gasteiger partial charge in [-0.15, -0.1) is 0 Å². The summed E-state index contributed by atoms with van der Waals surface area (Å²) < 4.78 is 16.8. The lowest BCUT2D eigenvalue weighted by Gasteiger charge is -2.19. The van der Waals surface area contributed by atoms with Crippen molar-refractivity contribution in [1.82, 2.24) is 0 Å².